The molecule has 0 spiro atoms. The highest BCUT2D eigenvalue weighted by Crippen LogP contribution is 2.17. The van der Waals surface area contributed by atoms with Crippen LogP contribution in [0.4, 0.5) is 0 Å². The van der Waals surface area contributed by atoms with Gasteiger partial charge in [0.1, 0.15) is 6.61 Å². The molecule has 3 nitrogen and oxygen atoms in total. The first-order chi connectivity index (χ1) is 8.53. The van der Waals surface area contributed by atoms with Gasteiger partial charge in [-0.15, -0.1) is 0 Å². The second-order valence-corrected chi connectivity index (χ2v) is 4.84. The predicted molar refractivity (Wildman–Crippen MR) is 71.2 cm³/mol. The number of esters is 1. The van der Waals surface area contributed by atoms with Gasteiger partial charge in [0, 0.05) is 13.0 Å². The molecule has 0 saturated carbocycles. The number of benzene rings is 1. The average molecular weight is 250 g/mol. The Balaban J connectivity index is 2.26. The Bertz CT molecular complexity index is 357. The molecular weight excluding hydrogens is 228 g/mol. The van der Waals surface area contributed by atoms with E-state index in [4.69, 9.17) is 9.47 Å². The van der Waals surface area contributed by atoms with E-state index in [1.807, 2.05) is 51.1 Å². The molecule has 0 heterocycles. The fourth-order valence-corrected chi connectivity index (χ4v) is 1.68. The maximum atomic E-state index is 11.6. The summed E-state index contributed by atoms with van der Waals surface area (Å²) in [6, 6.07) is 9.69. The molecule has 0 saturated heterocycles. The maximum Gasteiger partial charge on any atom is 0.306 e. The van der Waals surface area contributed by atoms with Crippen LogP contribution in [0.2, 0.25) is 0 Å². The molecule has 0 atom stereocenters. The zero-order valence-electron chi connectivity index (χ0n) is 11.4. The summed E-state index contributed by atoms with van der Waals surface area (Å²) in [4.78, 5) is 11.6. The molecule has 0 radical (unpaired) electrons. The summed E-state index contributed by atoms with van der Waals surface area (Å²) in [5, 5.41) is 0. The number of hydrogen-bond acceptors (Lipinski definition) is 3. The highest BCUT2D eigenvalue weighted by molar-refractivity contribution is 5.69. The van der Waals surface area contributed by atoms with Crippen LogP contribution in [0.25, 0.3) is 0 Å². The zero-order valence-corrected chi connectivity index (χ0v) is 11.4. The lowest BCUT2D eigenvalue weighted by atomic mass is 10.0. The minimum Gasteiger partial charge on any atom is -0.461 e. The summed E-state index contributed by atoms with van der Waals surface area (Å²) in [6.07, 6.45) is 1.06. The van der Waals surface area contributed by atoms with E-state index in [1.54, 1.807) is 0 Å². The lowest BCUT2D eigenvalue weighted by Crippen LogP contribution is -2.25. The topological polar surface area (TPSA) is 35.5 Å². The van der Waals surface area contributed by atoms with E-state index in [-0.39, 0.29) is 11.6 Å². The summed E-state index contributed by atoms with van der Waals surface area (Å²) in [7, 11) is 0. The van der Waals surface area contributed by atoms with Gasteiger partial charge in [-0.3, -0.25) is 4.79 Å². The van der Waals surface area contributed by atoms with Crippen molar-refractivity contribution >= 4 is 5.97 Å². The monoisotopic (exact) mass is 250 g/mol. The molecular formula is C15H22O3. The van der Waals surface area contributed by atoms with E-state index in [0.717, 1.165) is 5.56 Å². The highest BCUT2D eigenvalue weighted by Gasteiger charge is 2.19. The number of hydrogen-bond donors (Lipinski definition) is 0. The summed E-state index contributed by atoms with van der Waals surface area (Å²) < 4.78 is 10.7. The Morgan fingerprint density at radius 3 is 2.50 bits per heavy atom. The van der Waals surface area contributed by atoms with Gasteiger partial charge in [0.25, 0.3) is 0 Å². The quantitative estimate of drug-likeness (QED) is 0.696. The first-order valence-electron chi connectivity index (χ1n) is 6.37. The molecule has 0 aliphatic heterocycles. The minimum absolute atomic E-state index is 0.174. The van der Waals surface area contributed by atoms with Crippen LogP contribution in [0, 0.1) is 0 Å². The molecule has 0 aliphatic rings. The van der Waals surface area contributed by atoms with E-state index >= 15 is 0 Å². The van der Waals surface area contributed by atoms with Crippen molar-refractivity contribution in [1.82, 2.24) is 0 Å². The standard InChI is InChI=1S/C15H22O3/c1-4-18-15(2,3)11-10-14(16)17-12-13-8-6-5-7-9-13/h5-9H,4,10-12H2,1-3H3. The van der Waals surface area contributed by atoms with E-state index in [1.165, 1.54) is 0 Å². The van der Waals surface area contributed by atoms with Gasteiger partial charge in [0.05, 0.1) is 5.60 Å². The number of carbonyl (C=O) groups is 1. The molecule has 0 fully saturated rings. The van der Waals surface area contributed by atoms with Crippen molar-refractivity contribution in [2.45, 2.75) is 45.8 Å². The number of ether oxygens (including phenoxy) is 2. The van der Waals surface area contributed by atoms with Gasteiger partial charge in [-0.05, 0) is 32.8 Å². The Hall–Kier alpha value is -1.35. The normalized spacial score (nSPS) is 11.3. The molecule has 0 aliphatic carbocycles. The largest absolute Gasteiger partial charge is 0.461 e. The first kappa shape index (κ1) is 14.7. The van der Waals surface area contributed by atoms with Crippen LogP contribution in [-0.2, 0) is 20.9 Å². The molecule has 0 aromatic heterocycles. The van der Waals surface area contributed by atoms with Gasteiger partial charge in [0.2, 0.25) is 0 Å². The third-order valence-corrected chi connectivity index (χ3v) is 2.71. The van der Waals surface area contributed by atoms with Crippen molar-refractivity contribution in [3.63, 3.8) is 0 Å². The van der Waals surface area contributed by atoms with Crippen LogP contribution < -0.4 is 0 Å². The second kappa shape index (κ2) is 7.17. The zero-order chi connectivity index (χ0) is 13.4. The molecule has 18 heavy (non-hydrogen) atoms. The molecule has 1 aromatic carbocycles. The van der Waals surface area contributed by atoms with Crippen LogP contribution in [0.5, 0.6) is 0 Å². The first-order valence-corrected chi connectivity index (χ1v) is 6.37. The summed E-state index contributed by atoms with van der Waals surface area (Å²) in [6.45, 7) is 6.93. The SMILES string of the molecule is CCOC(C)(C)CCC(=O)OCc1ccccc1. The van der Waals surface area contributed by atoms with E-state index in [9.17, 15) is 4.79 Å². The Morgan fingerprint density at radius 2 is 1.89 bits per heavy atom. The van der Waals surface area contributed by atoms with Crippen LogP contribution in [0.1, 0.15) is 39.2 Å². The fraction of sp³-hybridized carbons (Fsp3) is 0.533. The average Bonchev–Trinajstić information content (AvgIpc) is 2.35. The summed E-state index contributed by atoms with van der Waals surface area (Å²) >= 11 is 0. The minimum atomic E-state index is -0.263. The van der Waals surface area contributed by atoms with Crippen LogP contribution >= 0.6 is 0 Å². The third kappa shape index (κ3) is 5.82. The van der Waals surface area contributed by atoms with Gasteiger partial charge in [-0.1, -0.05) is 30.3 Å². The molecule has 0 amide bonds. The fourth-order valence-electron chi connectivity index (χ4n) is 1.68. The van der Waals surface area contributed by atoms with E-state index in [2.05, 4.69) is 0 Å². The van der Waals surface area contributed by atoms with Crippen LogP contribution in [0.3, 0.4) is 0 Å². The van der Waals surface area contributed by atoms with E-state index in [0.29, 0.717) is 26.1 Å². The molecule has 0 N–H and O–H groups in total. The molecule has 3 heteroatoms. The lowest BCUT2D eigenvalue weighted by molar-refractivity contribution is -0.146. The van der Waals surface area contributed by atoms with Crippen LogP contribution in [-0.4, -0.2) is 18.2 Å². The molecule has 1 rings (SSSR count). The van der Waals surface area contributed by atoms with Gasteiger partial charge in [-0.2, -0.15) is 0 Å². The van der Waals surface area contributed by atoms with Crippen molar-refractivity contribution in [2.24, 2.45) is 0 Å². The van der Waals surface area contributed by atoms with Crippen LogP contribution in [0.15, 0.2) is 30.3 Å². The number of carbonyl (C=O) groups excluding carboxylic acids is 1. The molecule has 1 aromatic rings. The summed E-state index contributed by atoms with van der Waals surface area (Å²) in [5.41, 5.74) is 0.746. The van der Waals surface area contributed by atoms with Crippen molar-refractivity contribution in [3.8, 4) is 0 Å². The third-order valence-electron chi connectivity index (χ3n) is 2.71. The van der Waals surface area contributed by atoms with Gasteiger partial charge in [-0.25, -0.2) is 0 Å². The molecule has 0 bridgehead atoms. The van der Waals surface area contributed by atoms with Crippen molar-refractivity contribution < 1.29 is 14.3 Å². The maximum absolute atomic E-state index is 11.6. The van der Waals surface area contributed by atoms with Gasteiger partial charge < -0.3 is 9.47 Å². The van der Waals surface area contributed by atoms with Gasteiger partial charge in [0.15, 0.2) is 0 Å². The number of rotatable bonds is 7. The Kier molecular flexibility index (Phi) is 5.86. The smallest absolute Gasteiger partial charge is 0.306 e. The van der Waals surface area contributed by atoms with Crippen molar-refractivity contribution in [3.05, 3.63) is 35.9 Å². The highest BCUT2D eigenvalue weighted by atomic mass is 16.5. The Labute approximate surface area is 109 Å². The molecule has 100 valence electrons. The van der Waals surface area contributed by atoms with Gasteiger partial charge >= 0.3 is 5.97 Å². The Morgan fingerprint density at radius 1 is 1.22 bits per heavy atom. The van der Waals surface area contributed by atoms with E-state index < -0.39 is 0 Å². The lowest BCUT2D eigenvalue weighted by Gasteiger charge is -2.23. The van der Waals surface area contributed by atoms with Crippen molar-refractivity contribution in [2.75, 3.05) is 6.61 Å². The summed E-state index contributed by atoms with van der Waals surface area (Å²) in [5.74, 6) is -0.174. The second-order valence-electron chi connectivity index (χ2n) is 4.84. The van der Waals surface area contributed by atoms with Crippen molar-refractivity contribution in [1.29, 1.82) is 0 Å². The predicted octanol–water partition coefficient (Wildman–Crippen LogP) is 3.33. The molecule has 0 unspecified atom stereocenters.